The van der Waals surface area contributed by atoms with Gasteiger partial charge in [0.1, 0.15) is 29.9 Å². The zero-order valence-electron chi connectivity index (χ0n) is 28.5. The van der Waals surface area contributed by atoms with Crippen LogP contribution in [-0.2, 0) is 35.3 Å². The molecule has 2 aromatic carbocycles. The predicted octanol–water partition coefficient (Wildman–Crippen LogP) is 3.29. The van der Waals surface area contributed by atoms with Crippen molar-refractivity contribution in [3.05, 3.63) is 85.5 Å². The summed E-state index contributed by atoms with van der Waals surface area (Å²) in [6.07, 6.45) is 3.03. The van der Waals surface area contributed by atoms with Crippen LogP contribution < -0.4 is 5.32 Å². The molecule has 51 heavy (non-hydrogen) atoms. The number of nitrogens with one attached hydrogen (secondary N) is 1. The first-order valence-electron chi connectivity index (χ1n) is 17.2. The van der Waals surface area contributed by atoms with E-state index in [0.717, 1.165) is 5.52 Å². The van der Waals surface area contributed by atoms with Gasteiger partial charge in [-0.15, -0.1) is 18.3 Å². The number of aliphatic hydroxyl groups is 1. The molecule has 1 aromatic heterocycles. The Balaban J connectivity index is 1.33. The van der Waals surface area contributed by atoms with Gasteiger partial charge in [-0.1, -0.05) is 82.7 Å². The Morgan fingerprint density at radius 3 is 2.63 bits per heavy atom. The Hall–Kier alpha value is -4.40. The number of para-hydroxylation sites is 1. The second kappa shape index (κ2) is 15.5. The third-order valence-corrected chi connectivity index (χ3v) is 11.0. The van der Waals surface area contributed by atoms with Gasteiger partial charge in [0.15, 0.2) is 0 Å². The van der Waals surface area contributed by atoms with Crippen LogP contribution in [0.25, 0.3) is 11.0 Å². The van der Waals surface area contributed by atoms with Crippen LogP contribution in [0.4, 0.5) is 0 Å². The number of fused-ring (bicyclic) bond motifs is 2. The first kappa shape index (κ1) is 36.4. The molecule has 3 aliphatic heterocycles. The Morgan fingerprint density at radius 2 is 1.92 bits per heavy atom. The zero-order chi connectivity index (χ0) is 36.3. The fourth-order valence-corrected chi connectivity index (χ4v) is 8.74. The maximum absolute atomic E-state index is 14.9. The van der Waals surface area contributed by atoms with E-state index < -0.39 is 59.5 Å². The predicted molar refractivity (Wildman–Crippen MR) is 191 cm³/mol. The third-order valence-electron chi connectivity index (χ3n) is 10.2. The summed E-state index contributed by atoms with van der Waals surface area (Å²) in [6, 6.07) is 14.6. The topological polar surface area (TPSA) is 156 Å². The lowest BCUT2D eigenvalue weighted by atomic mass is 9.70. The molecule has 3 saturated heterocycles. The van der Waals surface area contributed by atoms with Gasteiger partial charge in [0.05, 0.1) is 42.6 Å². The molecule has 2 N–H and O–H groups in total. The molecule has 4 heterocycles. The molecule has 0 saturated carbocycles. The largest absolute Gasteiger partial charge is 0.455 e. The Morgan fingerprint density at radius 1 is 1.18 bits per heavy atom. The Labute approximate surface area is 304 Å². The number of amides is 3. The first-order valence-corrected chi connectivity index (χ1v) is 18.2. The monoisotopic (exact) mass is 762 g/mol. The lowest BCUT2D eigenvalue weighted by molar-refractivity contribution is -0.161. The smallest absolute Gasteiger partial charge is 0.313 e. The minimum Gasteiger partial charge on any atom is -0.455 e. The van der Waals surface area contributed by atoms with E-state index in [1.54, 1.807) is 29.0 Å². The SMILES string of the molecule is C=CCCC(=O)NC[C@@H](OC(=O)[C@@H]1[C@H]2O[C@@]3(CC2Br)[C@H](C(=O)N(CC=C)Cn2nnc4ccccc42)N([C@@H](CC)CO)C(=O)[C@@H]13)c1ccccc1. The number of halogens is 1. The second-order valence-electron chi connectivity index (χ2n) is 13.2. The lowest BCUT2D eigenvalue weighted by Crippen LogP contribution is -2.59. The third kappa shape index (κ3) is 6.72. The van der Waals surface area contributed by atoms with Crippen molar-refractivity contribution in [1.29, 1.82) is 0 Å². The van der Waals surface area contributed by atoms with Gasteiger partial charge in [-0.3, -0.25) is 19.2 Å². The number of carbonyl (C=O) groups is 4. The highest BCUT2D eigenvalue weighted by atomic mass is 79.9. The molecule has 3 fully saturated rings. The highest BCUT2D eigenvalue weighted by molar-refractivity contribution is 9.09. The molecule has 270 valence electrons. The number of carbonyl (C=O) groups excluding carboxylic acids is 4. The maximum Gasteiger partial charge on any atom is 0.313 e. The summed E-state index contributed by atoms with van der Waals surface area (Å²) in [5, 5.41) is 21.8. The Bertz CT molecular complexity index is 1780. The van der Waals surface area contributed by atoms with E-state index in [1.807, 2.05) is 49.4 Å². The van der Waals surface area contributed by atoms with Gasteiger partial charge in [-0.25, -0.2) is 4.68 Å². The summed E-state index contributed by atoms with van der Waals surface area (Å²) in [5.74, 6) is -3.85. The number of aliphatic hydroxyl groups excluding tert-OH is 1. The van der Waals surface area contributed by atoms with Crippen LogP contribution in [0, 0.1) is 11.8 Å². The van der Waals surface area contributed by atoms with Gasteiger partial charge in [-0.05, 0) is 37.0 Å². The van der Waals surface area contributed by atoms with Crippen molar-refractivity contribution in [1.82, 2.24) is 30.1 Å². The molecule has 3 amide bonds. The molecular weight excluding hydrogens is 720 g/mol. The minimum absolute atomic E-state index is 0.0183. The molecule has 2 bridgehead atoms. The number of aromatic nitrogens is 3. The zero-order valence-corrected chi connectivity index (χ0v) is 30.1. The van der Waals surface area contributed by atoms with Gasteiger partial charge in [0.25, 0.3) is 0 Å². The molecule has 3 aliphatic rings. The number of hydrogen-bond acceptors (Lipinski definition) is 9. The van der Waals surface area contributed by atoms with Crippen LogP contribution in [0.5, 0.6) is 0 Å². The number of hydrogen-bond donors (Lipinski definition) is 2. The number of ether oxygens (including phenoxy) is 2. The molecule has 0 aliphatic carbocycles. The first-order chi connectivity index (χ1) is 24.7. The molecule has 1 unspecified atom stereocenters. The van der Waals surface area contributed by atoms with Crippen LogP contribution in [0.1, 0.15) is 44.3 Å². The fraction of sp³-hybridized carbons (Fsp3) is 0.459. The molecule has 1 spiro atoms. The van der Waals surface area contributed by atoms with Gasteiger partial charge >= 0.3 is 5.97 Å². The highest BCUT2D eigenvalue weighted by Crippen LogP contribution is 2.61. The summed E-state index contributed by atoms with van der Waals surface area (Å²) in [5.41, 5.74) is 0.674. The number of alkyl halides is 1. The van der Waals surface area contributed by atoms with Gasteiger partial charge in [0, 0.05) is 17.8 Å². The van der Waals surface area contributed by atoms with Gasteiger partial charge < -0.3 is 29.7 Å². The van der Waals surface area contributed by atoms with Crippen LogP contribution >= 0.6 is 15.9 Å². The van der Waals surface area contributed by atoms with Crippen molar-refractivity contribution in [3.8, 4) is 0 Å². The average Bonchev–Trinajstić information content (AvgIpc) is 3.87. The van der Waals surface area contributed by atoms with Gasteiger partial charge in [0.2, 0.25) is 17.7 Å². The highest BCUT2D eigenvalue weighted by Gasteiger charge is 2.77. The van der Waals surface area contributed by atoms with Gasteiger partial charge in [-0.2, -0.15) is 0 Å². The van der Waals surface area contributed by atoms with E-state index in [9.17, 15) is 24.3 Å². The molecule has 0 radical (unpaired) electrons. The quantitative estimate of drug-likeness (QED) is 0.127. The summed E-state index contributed by atoms with van der Waals surface area (Å²) in [7, 11) is 0. The molecular formula is C37H43BrN6O7. The number of likely N-dealkylation sites (tertiary alicyclic amines) is 1. The van der Waals surface area contributed by atoms with E-state index in [-0.39, 0.29) is 49.9 Å². The minimum atomic E-state index is -1.38. The number of nitrogens with zero attached hydrogens (tertiary/aromatic N) is 5. The van der Waals surface area contributed by atoms with E-state index in [4.69, 9.17) is 9.47 Å². The molecule has 14 heteroatoms. The summed E-state index contributed by atoms with van der Waals surface area (Å²) in [4.78, 5) is 58.9. The molecule has 6 rings (SSSR count). The van der Waals surface area contributed by atoms with Crippen molar-refractivity contribution < 1.29 is 33.8 Å². The number of allylic oxidation sites excluding steroid dienone is 1. The lowest BCUT2D eigenvalue weighted by Gasteiger charge is -2.39. The van der Waals surface area contributed by atoms with Crippen molar-refractivity contribution in [2.45, 2.75) is 74.0 Å². The van der Waals surface area contributed by atoms with E-state index in [1.165, 1.54) is 9.80 Å². The number of rotatable bonds is 16. The van der Waals surface area contributed by atoms with Crippen LogP contribution in [0.2, 0.25) is 0 Å². The summed E-state index contributed by atoms with van der Waals surface area (Å²) < 4.78 is 14.4. The second-order valence-corrected chi connectivity index (χ2v) is 14.4. The van der Waals surface area contributed by atoms with E-state index in [0.29, 0.717) is 23.9 Å². The maximum atomic E-state index is 14.9. The van der Waals surface area contributed by atoms with Crippen molar-refractivity contribution in [2.24, 2.45) is 11.8 Å². The van der Waals surface area contributed by atoms with E-state index >= 15 is 0 Å². The Kier molecular flexibility index (Phi) is 11.0. The van der Waals surface area contributed by atoms with Crippen LogP contribution in [0.15, 0.2) is 79.9 Å². The summed E-state index contributed by atoms with van der Waals surface area (Å²) in [6.45, 7) is 9.14. The number of benzene rings is 2. The summed E-state index contributed by atoms with van der Waals surface area (Å²) >= 11 is 3.71. The molecule has 13 nitrogen and oxygen atoms in total. The van der Waals surface area contributed by atoms with Crippen molar-refractivity contribution in [3.63, 3.8) is 0 Å². The average molecular weight is 764 g/mol. The molecule has 8 atom stereocenters. The van der Waals surface area contributed by atoms with Crippen molar-refractivity contribution >= 4 is 50.7 Å². The standard InChI is InChI=1S/C37H43BrN6O7/c1-4-7-17-29(46)39-20-28(23-13-9-8-10-14-23)50-36(49)30-31-34(47)44(24(6-3)21-45)33(37(31)19-25(38)32(30)51-37)35(48)42(18-5-2)22-43-27-16-12-11-15-26(27)40-41-43/h4-5,8-16,24-25,28,30-33,45H,1-2,6-7,17-22H2,3H3,(H,39,46)/t24-,25?,28+,30-,31+,32-,33-,37+/m0/s1. The van der Waals surface area contributed by atoms with E-state index in [2.05, 4.69) is 44.7 Å². The van der Waals surface area contributed by atoms with Crippen molar-refractivity contribution in [2.75, 3.05) is 19.7 Å². The number of esters is 1. The van der Waals surface area contributed by atoms with Crippen LogP contribution in [0.3, 0.4) is 0 Å². The normalized spacial score (nSPS) is 26.1. The fourth-order valence-electron chi connectivity index (χ4n) is 7.79. The molecule has 3 aromatic rings. The van der Waals surface area contributed by atoms with Crippen LogP contribution in [-0.4, -0.2) is 102 Å².